The standard InChI is InChI=1S/C14H11Cl3N2O2/c1-7-9(15)3-4-12(18-7)19-14(20)8-5-10(16)13(21-2)11(17)6-8/h3-6H,1-2H3,(H,18,19,20). The van der Waals surface area contributed by atoms with E-state index >= 15 is 0 Å². The first-order chi connectivity index (χ1) is 9.92. The molecule has 0 radical (unpaired) electrons. The maximum atomic E-state index is 12.2. The van der Waals surface area contributed by atoms with Gasteiger partial charge in [0.25, 0.3) is 5.91 Å². The Labute approximate surface area is 137 Å². The van der Waals surface area contributed by atoms with Crippen molar-refractivity contribution in [3.63, 3.8) is 0 Å². The highest BCUT2D eigenvalue weighted by Crippen LogP contribution is 2.34. The molecule has 0 aliphatic rings. The molecule has 1 aromatic heterocycles. The highest BCUT2D eigenvalue weighted by Gasteiger charge is 2.14. The van der Waals surface area contributed by atoms with Crippen LogP contribution in [0, 0.1) is 6.92 Å². The summed E-state index contributed by atoms with van der Waals surface area (Å²) in [6.45, 7) is 1.75. The van der Waals surface area contributed by atoms with Gasteiger partial charge in [0.05, 0.1) is 27.9 Å². The van der Waals surface area contributed by atoms with Gasteiger partial charge in [0, 0.05) is 5.56 Å². The van der Waals surface area contributed by atoms with E-state index in [0.29, 0.717) is 27.8 Å². The minimum absolute atomic E-state index is 0.260. The minimum atomic E-state index is -0.379. The molecular formula is C14H11Cl3N2O2. The van der Waals surface area contributed by atoms with Gasteiger partial charge in [0.15, 0.2) is 5.75 Å². The molecule has 110 valence electrons. The second kappa shape index (κ2) is 6.52. The van der Waals surface area contributed by atoms with E-state index in [1.54, 1.807) is 19.1 Å². The first-order valence-corrected chi connectivity index (χ1v) is 7.03. The Balaban J connectivity index is 2.26. The fourth-order valence-electron chi connectivity index (χ4n) is 1.69. The van der Waals surface area contributed by atoms with Crippen molar-refractivity contribution < 1.29 is 9.53 Å². The molecule has 1 amide bonds. The summed E-state index contributed by atoms with van der Waals surface area (Å²) in [6.07, 6.45) is 0. The monoisotopic (exact) mass is 344 g/mol. The van der Waals surface area contributed by atoms with Crippen molar-refractivity contribution in [1.82, 2.24) is 4.98 Å². The smallest absolute Gasteiger partial charge is 0.256 e. The number of methoxy groups -OCH3 is 1. The average molecular weight is 346 g/mol. The van der Waals surface area contributed by atoms with Crippen LogP contribution in [0.15, 0.2) is 24.3 Å². The third kappa shape index (κ3) is 3.59. The summed E-state index contributed by atoms with van der Waals surface area (Å²) in [4.78, 5) is 16.3. The molecule has 0 aliphatic heterocycles. The van der Waals surface area contributed by atoms with Crippen LogP contribution in [0.25, 0.3) is 0 Å². The predicted molar refractivity (Wildman–Crippen MR) is 85.0 cm³/mol. The molecule has 1 N–H and O–H groups in total. The van der Waals surface area contributed by atoms with Gasteiger partial charge in [0.1, 0.15) is 5.82 Å². The van der Waals surface area contributed by atoms with Gasteiger partial charge in [-0.3, -0.25) is 4.79 Å². The van der Waals surface area contributed by atoms with Crippen LogP contribution in [0.5, 0.6) is 5.75 Å². The van der Waals surface area contributed by atoms with Gasteiger partial charge < -0.3 is 10.1 Å². The summed E-state index contributed by atoms with van der Waals surface area (Å²) in [5.74, 6) is 0.344. The number of hydrogen-bond acceptors (Lipinski definition) is 3. The quantitative estimate of drug-likeness (QED) is 0.883. The van der Waals surface area contributed by atoms with Crippen LogP contribution >= 0.6 is 34.8 Å². The number of nitrogens with one attached hydrogen (secondary N) is 1. The molecule has 4 nitrogen and oxygen atoms in total. The van der Waals surface area contributed by atoms with E-state index < -0.39 is 0 Å². The molecule has 0 unspecified atom stereocenters. The van der Waals surface area contributed by atoms with Crippen LogP contribution in [-0.4, -0.2) is 18.0 Å². The number of amides is 1. The number of nitrogens with zero attached hydrogens (tertiary/aromatic N) is 1. The van der Waals surface area contributed by atoms with Crippen LogP contribution in [-0.2, 0) is 0 Å². The maximum absolute atomic E-state index is 12.2. The Morgan fingerprint density at radius 2 is 1.76 bits per heavy atom. The Morgan fingerprint density at radius 1 is 1.14 bits per heavy atom. The van der Waals surface area contributed by atoms with Gasteiger partial charge in [-0.2, -0.15) is 0 Å². The lowest BCUT2D eigenvalue weighted by Crippen LogP contribution is -2.13. The normalized spacial score (nSPS) is 10.3. The summed E-state index contributed by atoms with van der Waals surface area (Å²) in [7, 11) is 1.45. The molecule has 1 heterocycles. The van der Waals surface area contributed by atoms with Crippen LogP contribution in [0.3, 0.4) is 0 Å². The zero-order valence-electron chi connectivity index (χ0n) is 11.2. The van der Waals surface area contributed by atoms with Crippen LogP contribution in [0.4, 0.5) is 5.82 Å². The third-order valence-electron chi connectivity index (χ3n) is 2.73. The number of ether oxygens (including phenoxy) is 1. The van der Waals surface area contributed by atoms with Crippen molar-refractivity contribution in [2.75, 3.05) is 12.4 Å². The van der Waals surface area contributed by atoms with E-state index in [1.807, 2.05) is 0 Å². The first kappa shape index (κ1) is 15.9. The summed E-state index contributed by atoms with van der Waals surface area (Å²) in [6, 6.07) is 6.22. The number of halogens is 3. The highest BCUT2D eigenvalue weighted by atomic mass is 35.5. The molecule has 0 atom stereocenters. The van der Waals surface area contributed by atoms with Crippen LogP contribution in [0.1, 0.15) is 16.1 Å². The molecular weight excluding hydrogens is 335 g/mol. The van der Waals surface area contributed by atoms with E-state index in [2.05, 4.69) is 10.3 Å². The fourth-order valence-corrected chi connectivity index (χ4v) is 2.43. The number of carbonyl (C=O) groups is 1. The van der Waals surface area contributed by atoms with Gasteiger partial charge in [-0.1, -0.05) is 34.8 Å². The molecule has 0 spiro atoms. The van der Waals surface area contributed by atoms with Crippen molar-refractivity contribution in [2.24, 2.45) is 0 Å². The molecule has 0 bridgehead atoms. The molecule has 2 aromatic rings. The largest absolute Gasteiger partial charge is 0.494 e. The van der Waals surface area contributed by atoms with Crippen LogP contribution < -0.4 is 10.1 Å². The summed E-state index contributed by atoms with van der Waals surface area (Å²) in [5.41, 5.74) is 0.931. The minimum Gasteiger partial charge on any atom is -0.494 e. The highest BCUT2D eigenvalue weighted by molar-refractivity contribution is 6.37. The lowest BCUT2D eigenvalue weighted by molar-refractivity contribution is 0.102. The topological polar surface area (TPSA) is 51.2 Å². The number of hydrogen-bond donors (Lipinski definition) is 1. The Hall–Kier alpha value is -1.49. The fraction of sp³-hybridized carbons (Fsp3) is 0.143. The zero-order chi connectivity index (χ0) is 15.6. The van der Waals surface area contributed by atoms with E-state index in [4.69, 9.17) is 39.5 Å². The second-order valence-corrected chi connectivity index (χ2v) is 5.41. The van der Waals surface area contributed by atoms with Gasteiger partial charge in [-0.15, -0.1) is 0 Å². The molecule has 2 rings (SSSR count). The summed E-state index contributed by atoms with van der Waals surface area (Å²) < 4.78 is 5.04. The third-order valence-corrected chi connectivity index (χ3v) is 3.69. The van der Waals surface area contributed by atoms with E-state index in [0.717, 1.165) is 0 Å². The number of anilines is 1. The van der Waals surface area contributed by atoms with Gasteiger partial charge in [-0.25, -0.2) is 4.98 Å². The van der Waals surface area contributed by atoms with Gasteiger partial charge in [0.2, 0.25) is 0 Å². The molecule has 0 saturated heterocycles. The number of pyridine rings is 1. The Morgan fingerprint density at radius 3 is 2.29 bits per heavy atom. The van der Waals surface area contributed by atoms with Crippen LogP contribution in [0.2, 0.25) is 15.1 Å². The lowest BCUT2D eigenvalue weighted by Gasteiger charge is -2.09. The molecule has 0 fully saturated rings. The molecule has 7 heteroatoms. The van der Waals surface area contributed by atoms with E-state index in [9.17, 15) is 4.79 Å². The molecule has 0 saturated carbocycles. The average Bonchev–Trinajstić information content (AvgIpc) is 2.42. The maximum Gasteiger partial charge on any atom is 0.256 e. The van der Waals surface area contributed by atoms with Crippen molar-refractivity contribution >= 4 is 46.5 Å². The number of aryl methyl sites for hydroxylation is 1. The zero-order valence-corrected chi connectivity index (χ0v) is 13.5. The SMILES string of the molecule is COc1c(Cl)cc(C(=O)Nc2ccc(Cl)c(C)n2)cc1Cl. The van der Waals surface area contributed by atoms with Crippen molar-refractivity contribution in [2.45, 2.75) is 6.92 Å². The number of benzene rings is 1. The van der Waals surface area contributed by atoms with Crippen molar-refractivity contribution in [1.29, 1.82) is 0 Å². The van der Waals surface area contributed by atoms with Gasteiger partial charge in [-0.05, 0) is 31.2 Å². The molecule has 1 aromatic carbocycles. The predicted octanol–water partition coefficient (Wildman–Crippen LogP) is 4.61. The van der Waals surface area contributed by atoms with Crippen molar-refractivity contribution in [3.8, 4) is 5.75 Å². The van der Waals surface area contributed by atoms with Gasteiger partial charge >= 0.3 is 0 Å². The summed E-state index contributed by atoms with van der Waals surface area (Å²) in [5, 5.41) is 3.70. The van der Waals surface area contributed by atoms with E-state index in [1.165, 1.54) is 19.2 Å². The van der Waals surface area contributed by atoms with E-state index in [-0.39, 0.29) is 16.0 Å². The summed E-state index contributed by atoms with van der Waals surface area (Å²) >= 11 is 17.9. The second-order valence-electron chi connectivity index (χ2n) is 4.19. The Kier molecular flexibility index (Phi) is 4.93. The number of aromatic nitrogens is 1. The number of carbonyl (C=O) groups excluding carboxylic acids is 1. The molecule has 21 heavy (non-hydrogen) atoms. The van der Waals surface area contributed by atoms with Crippen molar-refractivity contribution in [3.05, 3.63) is 50.6 Å². The first-order valence-electron chi connectivity index (χ1n) is 5.90. The lowest BCUT2D eigenvalue weighted by atomic mass is 10.2. The Bertz CT molecular complexity index is 682. The number of rotatable bonds is 3. The molecule has 0 aliphatic carbocycles.